The average molecular weight is 250 g/mol. The number of amides is 1. The summed E-state index contributed by atoms with van der Waals surface area (Å²) in [4.78, 5) is 22.3. The SMILES string of the molecule is CC(C)C(=O)OCc1ccc(NC(=O)CN)cc1. The van der Waals surface area contributed by atoms with Gasteiger partial charge in [0, 0.05) is 5.69 Å². The number of esters is 1. The van der Waals surface area contributed by atoms with Crippen LogP contribution in [0.15, 0.2) is 24.3 Å². The van der Waals surface area contributed by atoms with Crippen molar-refractivity contribution in [2.24, 2.45) is 11.7 Å². The lowest BCUT2D eigenvalue weighted by Gasteiger charge is -2.08. The molecule has 1 aromatic rings. The topological polar surface area (TPSA) is 81.4 Å². The fourth-order valence-electron chi connectivity index (χ4n) is 1.22. The van der Waals surface area contributed by atoms with Gasteiger partial charge in [-0.15, -0.1) is 0 Å². The van der Waals surface area contributed by atoms with E-state index in [-0.39, 0.29) is 30.9 Å². The Labute approximate surface area is 106 Å². The Morgan fingerprint density at radius 1 is 1.28 bits per heavy atom. The van der Waals surface area contributed by atoms with Gasteiger partial charge >= 0.3 is 5.97 Å². The molecule has 0 heterocycles. The summed E-state index contributed by atoms with van der Waals surface area (Å²) in [6, 6.07) is 7.07. The van der Waals surface area contributed by atoms with E-state index in [2.05, 4.69) is 5.32 Å². The quantitative estimate of drug-likeness (QED) is 0.771. The third-order valence-corrected chi connectivity index (χ3v) is 2.28. The second-order valence-electron chi connectivity index (χ2n) is 4.21. The van der Waals surface area contributed by atoms with Crippen molar-refractivity contribution in [2.45, 2.75) is 20.5 Å². The summed E-state index contributed by atoms with van der Waals surface area (Å²) in [6.45, 7) is 3.76. The number of nitrogens with two attached hydrogens (primary N) is 1. The smallest absolute Gasteiger partial charge is 0.308 e. The van der Waals surface area contributed by atoms with Gasteiger partial charge in [0.2, 0.25) is 5.91 Å². The fraction of sp³-hybridized carbons (Fsp3) is 0.385. The lowest BCUT2D eigenvalue weighted by molar-refractivity contribution is -0.148. The number of anilines is 1. The van der Waals surface area contributed by atoms with Crippen LogP contribution in [0, 0.1) is 5.92 Å². The third-order valence-electron chi connectivity index (χ3n) is 2.28. The zero-order valence-corrected chi connectivity index (χ0v) is 10.6. The van der Waals surface area contributed by atoms with Crippen LogP contribution in [0.1, 0.15) is 19.4 Å². The molecule has 98 valence electrons. The molecular formula is C13H18N2O3. The lowest BCUT2D eigenvalue weighted by atomic mass is 10.2. The number of benzene rings is 1. The first-order valence-electron chi connectivity index (χ1n) is 5.78. The zero-order chi connectivity index (χ0) is 13.5. The first-order valence-corrected chi connectivity index (χ1v) is 5.78. The summed E-state index contributed by atoms with van der Waals surface area (Å²) in [5.74, 6) is -0.599. The molecule has 1 aromatic carbocycles. The first-order chi connectivity index (χ1) is 8.52. The van der Waals surface area contributed by atoms with Crippen LogP contribution in [0.2, 0.25) is 0 Å². The highest BCUT2D eigenvalue weighted by Gasteiger charge is 2.08. The molecule has 18 heavy (non-hydrogen) atoms. The number of nitrogens with one attached hydrogen (secondary N) is 1. The van der Waals surface area contributed by atoms with Crippen molar-refractivity contribution in [1.29, 1.82) is 0 Å². The van der Waals surface area contributed by atoms with Gasteiger partial charge in [0.05, 0.1) is 12.5 Å². The minimum atomic E-state index is -0.242. The summed E-state index contributed by atoms with van der Waals surface area (Å²) in [7, 11) is 0. The van der Waals surface area contributed by atoms with Crippen molar-refractivity contribution in [2.75, 3.05) is 11.9 Å². The molecule has 0 bridgehead atoms. The molecule has 5 heteroatoms. The second kappa shape index (κ2) is 6.76. The molecule has 1 rings (SSSR count). The van der Waals surface area contributed by atoms with Gasteiger partial charge < -0.3 is 15.8 Å². The van der Waals surface area contributed by atoms with Crippen LogP contribution in [0.25, 0.3) is 0 Å². The van der Waals surface area contributed by atoms with Gasteiger partial charge in [0.25, 0.3) is 0 Å². The van der Waals surface area contributed by atoms with Gasteiger partial charge in [-0.1, -0.05) is 26.0 Å². The van der Waals surface area contributed by atoms with Crippen molar-refractivity contribution >= 4 is 17.6 Å². The summed E-state index contributed by atoms with van der Waals surface area (Å²) < 4.78 is 5.09. The lowest BCUT2D eigenvalue weighted by Crippen LogP contribution is -2.21. The average Bonchev–Trinajstić information content (AvgIpc) is 2.37. The zero-order valence-electron chi connectivity index (χ0n) is 10.6. The summed E-state index contributed by atoms with van der Waals surface area (Å²) >= 11 is 0. The molecule has 3 N–H and O–H groups in total. The van der Waals surface area contributed by atoms with Crippen LogP contribution >= 0.6 is 0 Å². The number of hydrogen-bond acceptors (Lipinski definition) is 4. The molecule has 0 radical (unpaired) electrons. The second-order valence-corrected chi connectivity index (χ2v) is 4.21. The normalized spacial score (nSPS) is 10.2. The highest BCUT2D eigenvalue weighted by molar-refractivity contribution is 5.92. The molecule has 0 saturated heterocycles. The van der Waals surface area contributed by atoms with Crippen LogP contribution in [-0.2, 0) is 20.9 Å². The van der Waals surface area contributed by atoms with Crippen LogP contribution in [-0.4, -0.2) is 18.4 Å². The van der Waals surface area contributed by atoms with E-state index in [4.69, 9.17) is 10.5 Å². The van der Waals surface area contributed by atoms with Gasteiger partial charge in [-0.3, -0.25) is 9.59 Å². The van der Waals surface area contributed by atoms with Crippen molar-refractivity contribution < 1.29 is 14.3 Å². The molecule has 5 nitrogen and oxygen atoms in total. The standard InChI is InChI=1S/C13H18N2O3/c1-9(2)13(17)18-8-10-3-5-11(6-4-10)15-12(16)7-14/h3-6,9H,7-8,14H2,1-2H3,(H,15,16). The van der Waals surface area contributed by atoms with Gasteiger partial charge in [0.15, 0.2) is 0 Å². The Morgan fingerprint density at radius 3 is 2.39 bits per heavy atom. The van der Waals surface area contributed by atoms with E-state index >= 15 is 0 Å². The number of carbonyl (C=O) groups is 2. The maximum absolute atomic E-state index is 11.3. The monoisotopic (exact) mass is 250 g/mol. The van der Waals surface area contributed by atoms with Gasteiger partial charge in [-0.05, 0) is 17.7 Å². The molecule has 1 amide bonds. The van der Waals surface area contributed by atoms with Crippen LogP contribution in [0.3, 0.4) is 0 Å². The maximum Gasteiger partial charge on any atom is 0.308 e. The van der Waals surface area contributed by atoms with Crippen molar-refractivity contribution in [3.05, 3.63) is 29.8 Å². The number of ether oxygens (including phenoxy) is 1. The van der Waals surface area contributed by atoms with Crippen LogP contribution in [0.4, 0.5) is 5.69 Å². The highest BCUT2D eigenvalue weighted by Crippen LogP contribution is 2.11. The van der Waals surface area contributed by atoms with Crippen molar-refractivity contribution in [3.8, 4) is 0 Å². The molecule has 0 spiro atoms. The van der Waals surface area contributed by atoms with Gasteiger partial charge in [-0.2, -0.15) is 0 Å². The van der Waals surface area contributed by atoms with Crippen LogP contribution in [0.5, 0.6) is 0 Å². The molecule has 0 saturated carbocycles. The Balaban J connectivity index is 2.50. The van der Waals surface area contributed by atoms with E-state index in [1.165, 1.54) is 0 Å². The molecule has 0 aliphatic heterocycles. The van der Waals surface area contributed by atoms with E-state index < -0.39 is 0 Å². The third kappa shape index (κ3) is 4.55. The van der Waals surface area contributed by atoms with Crippen LogP contribution < -0.4 is 11.1 Å². The van der Waals surface area contributed by atoms with E-state index in [1.54, 1.807) is 38.1 Å². The molecule has 0 fully saturated rings. The number of carbonyl (C=O) groups excluding carboxylic acids is 2. The Kier molecular flexibility index (Phi) is 5.32. The molecular weight excluding hydrogens is 232 g/mol. The number of rotatable bonds is 5. The van der Waals surface area contributed by atoms with E-state index in [1.807, 2.05) is 0 Å². The van der Waals surface area contributed by atoms with Crippen molar-refractivity contribution in [1.82, 2.24) is 0 Å². The molecule has 0 aromatic heterocycles. The maximum atomic E-state index is 11.3. The van der Waals surface area contributed by atoms with E-state index in [9.17, 15) is 9.59 Å². The Hall–Kier alpha value is -1.88. The highest BCUT2D eigenvalue weighted by atomic mass is 16.5. The van der Waals surface area contributed by atoms with Crippen molar-refractivity contribution in [3.63, 3.8) is 0 Å². The molecule has 0 atom stereocenters. The summed E-state index contributed by atoms with van der Waals surface area (Å²) in [6.07, 6.45) is 0. The largest absolute Gasteiger partial charge is 0.461 e. The minimum absolute atomic E-state index is 0.0479. The summed E-state index contributed by atoms with van der Waals surface area (Å²) in [5, 5.41) is 2.63. The molecule has 0 aliphatic rings. The summed E-state index contributed by atoms with van der Waals surface area (Å²) in [5.41, 5.74) is 6.73. The molecule has 0 unspecified atom stereocenters. The van der Waals surface area contributed by atoms with E-state index in [0.29, 0.717) is 5.69 Å². The predicted octanol–water partition coefficient (Wildman–Crippen LogP) is 1.28. The Morgan fingerprint density at radius 2 is 1.89 bits per heavy atom. The first kappa shape index (κ1) is 14.2. The van der Waals surface area contributed by atoms with Gasteiger partial charge in [0.1, 0.15) is 6.61 Å². The fourth-order valence-corrected chi connectivity index (χ4v) is 1.22. The van der Waals surface area contributed by atoms with E-state index in [0.717, 1.165) is 5.56 Å². The molecule has 0 aliphatic carbocycles. The predicted molar refractivity (Wildman–Crippen MR) is 68.8 cm³/mol. The van der Waals surface area contributed by atoms with Gasteiger partial charge in [-0.25, -0.2) is 0 Å². The number of hydrogen-bond donors (Lipinski definition) is 2. The Bertz CT molecular complexity index is 413. The minimum Gasteiger partial charge on any atom is -0.461 e.